The van der Waals surface area contributed by atoms with Crippen molar-refractivity contribution >= 4 is 5.76 Å². The lowest BCUT2D eigenvalue weighted by atomic mass is 9.91. The van der Waals surface area contributed by atoms with Crippen molar-refractivity contribution in [3.05, 3.63) is 40.5 Å². The van der Waals surface area contributed by atoms with Gasteiger partial charge in [0.2, 0.25) is 0 Å². The molecule has 0 saturated carbocycles. The summed E-state index contributed by atoms with van der Waals surface area (Å²) >= 11 is 0. The lowest BCUT2D eigenvalue weighted by Crippen LogP contribution is -2.12. The zero-order valence-corrected chi connectivity index (χ0v) is 14.3. The molecule has 0 heterocycles. The SMILES string of the molecule is C=C(OC(C)CC(C)C)c1c(C)cc(C)c(C)c1CC. The Kier molecular flexibility index (Phi) is 5.86. The summed E-state index contributed by atoms with van der Waals surface area (Å²) in [6.07, 6.45) is 2.29. The normalized spacial score (nSPS) is 12.6. The minimum absolute atomic E-state index is 0.216. The molecule has 0 radical (unpaired) electrons. The molecule has 1 rings (SSSR count). The van der Waals surface area contributed by atoms with Crippen LogP contribution in [0, 0.1) is 26.7 Å². The van der Waals surface area contributed by atoms with Gasteiger partial charge in [0, 0.05) is 5.56 Å². The molecule has 1 unspecified atom stereocenters. The molecular formula is C19H30O. The van der Waals surface area contributed by atoms with E-state index in [9.17, 15) is 0 Å². The Morgan fingerprint density at radius 2 is 1.75 bits per heavy atom. The van der Waals surface area contributed by atoms with Crippen LogP contribution in [0.3, 0.4) is 0 Å². The largest absolute Gasteiger partial charge is 0.491 e. The molecule has 0 spiro atoms. The third-order valence-corrected chi connectivity index (χ3v) is 3.95. The molecule has 20 heavy (non-hydrogen) atoms. The van der Waals surface area contributed by atoms with E-state index in [1.807, 2.05) is 0 Å². The zero-order valence-electron chi connectivity index (χ0n) is 14.3. The molecule has 0 fully saturated rings. The summed E-state index contributed by atoms with van der Waals surface area (Å²) < 4.78 is 6.07. The maximum atomic E-state index is 6.07. The van der Waals surface area contributed by atoms with Crippen molar-refractivity contribution < 1.29 is 4.74 Å². The topological polar surface area (TPSA) is 9.23 Å². The van der Waals surface area contributed by atoms with Crippen LogP contribution in [-0.4, -0.2) is 6.10 Å². The van der Waals surface area contributed by atoms with E-state index >= 15 is 0 Å². The molecule has 0 N–H and O–H groups in total. The van der Waals surface area contributed by atoms with Crippen LogP contribution in [0.25, 0.3) is 5.76 Å². The van der Waals surface area contributed by atoms with Gasteiger partial charge in [0.25, 0.3) is 0 Å². The second kappa shape index (κ2) is 6.97. The molecule has 112 valence electrons. The fourth-order valence-electron chi connectivity index (χ4n) is 3.01. The van der Waals surface area contributed by atoms with E-state index < -0.39 is 0 Å². The van der Waals surface area contributed by atoms with Gasteiger partial charge in [-0.15, -0.1) is 0 Å². The molecule has 0 aliphatic rings. The van der Waals surface area contributed by atoms with Crippen molar-refractivity contribution in [3.8, 4) is 0 Å². The van der Waals surface area contributed by atoms with E-state index in [1.54, 1.807) is 0 Å². The molecule has 0 bridgehead atoms. The van der Waals surface area contributed by atoms with Gasteiger partial charge in [-0.25, -0.2) is 0 Å². The number of ether oxygens (including phenoxy) is 1. The Hall–Kier alpha value is -1.24. The van der Waals surface area contributed by atoms with Gasteiger partial charge >= 0.3 is 0 Å². The third kappa shape index (κ3) is 3.88. The highest BCUT2D eigenvalue weighted by Gasteiger charge is 2.16. The van der Waals surface area contributed by atoms with E-state index in [1.165, 1.54) is 27.8 Å². The lowest BCUT2D eigenvalue weighted by Gasteiger charge is -2.23. The summed E-state index contributed by atoms with van der Waals surface area (Å²) in [5.74, 6) is 1.47. The van der Waals surface area contributed by atoms with Crippen LogP contribution in [0.1, 0.15) is 61.9 Å². The average molecular weight is 274 g/mol. The van der Waals surface area contributed by atoms with Crippen LogP contribution < -0.4 is 0 Å². The summed E-state index contributed by atoms with van der Waals surface area (Å²) in [6.45, 7) is 19.5. The van der Waals surface area contributed by atoms with Crippen LogP contribution in [0.2, 0.25) is 0 Å². The molecule has 0 aromatic heterocycles. The van der Waals surface area contributed by atoms with Gasteiger partial charge in [-0.2, -0.15) is 0 Å². The van der Waals surface area contributed by atoms with Gasteiger partial charge in [0.05, 0.1) is 6.10 Å². The molecular weight excluding hydrogens is 244 g/mol. The fraction of sp³-hybridized carbons (Fsp3) is 0.579. The first kappa shape index (κ1) is 16.8. The van der Waals surface area contributed by atoms with Crippen molar-refractivity contribution in [1.82, 2.24) is 0 Å². The fourth-order valence-corrected chi connectivity index (χ4v) is 3.01. The Morgan fingerprint density at radius 3 is 2.25 bits per heavy atom. The van der Waals surface area contributed by atoms with Crippen molar-refractivity contribution in [3.63, 3.8) is 0 Å². The summed E-state index contributed by atoms with van der Waals surface area (Å²) in [6, 6.07) is 2.24. The highest BCUT2D eigenvalue weighted by molar-refractivity contribution is 5.67. The van der Waals surface area contributed by atoms with E-state index in [2.05, 4.69) is 61.1 Å². The predicted octanol–water partition coefficient (Wildman–Crippen LogP) is 5.60. The van der Waals surface area contributed by atoms with Crippen molar-refractivity contribution in [2.24, 2.45) is 5.92 Å². The van der Waals surface area contributed by atoms with Crippen LogP contribution in [0.4, 0.5) is 0 Å². The van der Waals surface area contributed by atoms with Crippen LogP contribution in [0.5, 0.6) is 0 Å². The highest BCUT2D eigenvalue weighted by Crippen LogP contribution is 2.30. The number of hydrogen-bond donors (Lipinski definition) is 0. The second-order valence-corrected chi connectivity index (χ2v) is 6.32. The summed E-state index contributed by atoms with van der Waals surface area (Å²) in [5, 5.41) is 0. The minimum atomic E-state index is 0.216. The highest BCUT2D eigenvalue weighted by atomic mass is 16.5. The average Bonchev–Trinajstić information content (AvgIpc) is 2.31. The van der Waals surface area contributed by atoms with Crippen LogP contribution in [-0.2, 0) is 11.2 Å². The van der Waals surface area contributed by atoms with Gasteiger partial charge < -0.3 is 4.74 Å². The van der Waals surface area contributed by atoms with E-state index in [0.29, 0.717) is 5.92 Å². The van der Waals surface area contributed by atoms with Gasteiger partial charge in [-0.05, 0) is 68.7 Å². The molecule has 1 aromatic rings. The van der Waals surface area contributed by atoms with Crippen LogP contribution >= 0.6 is 0 Å². The molecule has 0 aliphatic carbocycles. The first-order valence-electron chi connectivity index (χ1n) is 7.73. The smallest absolute Gasteiger partial charge is 0.120 e. The minimum Gasteiger partial charge on any atom is -0.491 e. The number of hydrogen-bond acceptors (Lipinski definition) is 1. The van der Waals surface area contributed by atoms with E-state index in [4.69, 9.17) is 4.74 Å². The summed E-state index contributed by atoms with van der Waals surface area (Å²) in [4.78, 5) is 0. The van der Waals surface area contributed by atoms with Crippen molar-refractivity contribution in [2.45, 2.75) is 67.4 Å². The van der Waals surface area contributed by atoms with Crippen molar-refractivity contribution in [2.75, 3.05) is 0 Å². The number of rotatable bonds is 6. The molecule has 1 aromatic carbocycles. The van der Waals surface area contributed by atoms with Gasteiger partial charge in [0.1, 0.15) is 5.76 Å². The zero-order chi connectivity index (χ0) is 15.4. The first-order valence-corrected chi connectivity index (χ1v) is 7.73. The molecule has 0 saturated heterocycles. The Labute approximate surface area is 125 Å². The maximum absolute atomic E-state index is 6.07. The quantitative estimate of drug-likeness (QED) is 0.614. The Morgan fingerprint density at radius 1 is 1.15 bits per heavy atom. The number of aryl methyl sites for hydroxylation is 2. The number of benzene rings is 1. The van der Waals surface area contributed by atoms with Gasteiger partial charge in [0.15, 0.2) is 0 Å². The van der Waals surface area contributed by atoms with Crippen molar-refractivity contribution in [1.29, 1.82) is 0 Å². The second-order valence-electron chi connectivity index (χ2n) is 6.32. The van der Waals surface area contributed by atoms with E-state index in [-0.39, 0.29) is 6.10 Å². The monoisotopic (exact) mass is 274 g/mol. The Bertz CT molecular complexity index is 483. The third-order valence-electron chi connectivity index (χ3n) is 3.95. The van der Waals surface area contributed by atoms with E-state index in [0.717, 1.165) is 18.6 Å². The first-order chi connectivity index (χ1) is 9.27. The van der Waals surface area contributed by atoms with Crippen LogP contribution in [0.15, 0.2) is 12.6 Å². The molecule has 1 nitrogen and oxygen atoms in total. The molecule has 1 heteroatoms. The maximum Gasteiger partial charge on any atom is 0.120 e. The summed E-state index contributed by atoms with van der Waals surface area (Å²) in [5.41, 5.74) is 6.59. The molecule has 1 atom stereocenters. The molecule has 0 amide bonds. The summed E-state index contributed by atoms with van der Waals surface area (Å²) in [7, 11) is 0. The van der Waals surface area contributed by atoms with Gasteiger partial charge in [-0.1, -0.05) is 33.4 Å². The predicted molar refractivity (Wildman–Crippen MR) is 89.1 cm³/mol. The van der Waals surface area contributed by atoms with Gasteiger partial charge in [-0.3, -0.25) is 0 Å². The lowest BCUT2D eigenvalue weighted by molar-refractivity contribution is 0.160. The Balaban J connectivity index is 3.07. The standard InChI is InChI=1S/C19H30O/c1-9-18-16(7)13(4)11-14(5)19(18)17(8)20-15(6)10-12(2)3/h11-12,15H,8-10H2,1-7H3. The molecule has 0 aliphatic heterocycles.